The van der Waals surface area contributed by atoms with Crippen LogP contribution in [0.4, 0.5) is 5.69 Å². The van der Waals surface area contributed by atoms with Gasteiger partial charge in [0.1, 0.15) is 0 Å². The molecule has 0 spiro atoms. The van der Waals surface area contributed by atoms with Crippen molar-refractivity contribution < 1.29 is 0 Å². The van der Waals surface area contributed by atoms with Crippen molar-refractivity contribution in [2.45, 2.75) is 5.92 Å². The van der Waals surface area contributed by atoms with Gasteiger partial charge < -0.3 is 10.3 Å². The molecule has 2 nitrogen and oxygen atoms in total. The molecule has 4 heteroatoms. The second kappa shape index (κ2) is 9.12. The van der Waals surface area contributed by atoms with Gasteiger partial charge in [0, 0.05) is 50.9 Å². The number of rotatable bonds is 2. The summed E-state index contributed by atoms with van der Waals surface area (Å²) in [6.07, 6.45) is 2.02. The Morgan fingerprint density at radius 2 is 1.47 bits per heavy atom. The summed E-state index contributed by atoms with van der Waals surface area (Å²) in [5.41, 5.74) is 7.38. The van der Waals surface area contributed by atoms with E-state index in [4.69, 9.17) is 23.2 Å². The number of para-hydroxylation sites is 2. The van der Waals surface area contributed by atoms with Crippen LogP contribution in [0.15, 0.2) is 103 Å². The molecule has 2 heterocycles. The maximum absolute atomic E-state index is 6.03. The molecule has 1 atom stereocenters. The SMILES string of the molecule is Clc1cccc(-c2c[nH]c3ccccc23)c1.Clc1cccc(C2CNc3ccccc32)c1. The first kappa shape index (κ1) is 20.7. The lowest BCUT2D eigenvalue weighted by molar-refractivity contribution is 0.907. The molecular formula is C28H22Cl2N2. The smallest absolute Gasteiger partial charge is 0.0460 e. The summed E-state index contributed by atoms with van der Waals surface area (Å²) in [7, 11) is 0. The number of hydrogen-bond donors (Lipinski definition) is 2. The van der Waals surface area contributed by atoms with E-state index in [-0.39, 0.29) is 0 Å². The van der Waals surface area contributed by atoms with Gasteiger partial charge in [-0.2, -0.15) is 0 Å². The molecule has 0 aliphatic carbocycles. The molecule has 4 aromatic carbocycles. The lowest BCUT2D eigenvalue weighted by atomic mass is 9.93. The van der Waals surface area contributed by atoms with Gasteiger partial charge in [0.15, 0.2) is 0 Å². The summed E-state index contributed by atoms with van der Waals surface area (Å²) in [5.74, 6) is 0.426. The van der Waals surface area contributed by atoms with E-state index in [1.54, 1.807) is 0 Å². The van der Waals surface area contributed by atoms with E-state index in [1.807, 2.05) is 48.7 Å². The normalized spacial score (nSPS) is 14.4. The number of halogens is 2. The quantitative estimate of drug-likeness (QED) is 0.274. The summed E-state index contributed by atoms with van der Waals surface area (Å²) < 4.78 is 0. The van der Waals surface area contributed by atoms with Crippen LogP contribution in [0.5, 0.6) is 0 Å². The minimum absolute atomic E-state index is 0.426. The van der Waals surface area contributed by atoms with E-state index in [0.29, 0.717) is 5.92 Å². The van der Waals surface area contributed by atoms with Gasteiger partial charge in [0.25, 0.3) is 0 Å². The molecule has 1 aliphatic heterocycles. The summed E-state index contributed by atoms with van der Waals surface area (Å²) in [4.78, 5) is 3.26. The Morgan fingerprint density at radius 1 is 0.719 bits per heavy atom. The average molecular weight is 457 g/mol. The molecule has 6 rings (SSSR count). The fourth-order valence-corrected chi connectivity index (χ4v) is 4.66. The first-order valence-corrected chi connectivity index (χ1v) is 11.3. The molecule has 0 amide bonds. The van der Waals surface area contributed by atoms with Gasteiger partial charge in [-0.05, 0) is 53.1 Å². The van der Waals surface area contributed by atoms with E-state index in [0.717, 1.165) is 27.7 Å². The average Bonchev–Trinajstić information content (AvgIpc) is 3.44. The number of H-pyrrole nitrogens is 1. The number of aromatic nitrogens is 1. The van der Waals surface area contributed by atoms with E-state index in [2.05, 4.69) is 64.9 Å². The van der Waals surface area contributed by atoms with Crippen LogP contribution in [0.25, 0.3) is 22.0 Å². The summed E-state index contributed by atoms with van der Waals surface area (Å²) in [5, 5.41) is 6.23. The molecule has 0 saturated carbocycles. The third-order valence-electron chi connectivity index (χ3n) is 5.81. The lowest BCUT2D eigenvalue weighted by Crippen LogP contribution is -2.03. The highest BCUT2D eigenvalue weighted by atomic mass is 35.5. The first-order valence-electron chi connectivity index (χ1n) is 10.6. The molecular weight excluding hydrogens is 435 g/mol. The molecule has 1 aliphatic rings. The molecule has 5 aromatic rings. The molecule has 1 unspecified atom stereocenters. The van der Waals surface area contributed by atoms with Crippen molar-refractivity contribution in [1.29, 1.82) is 0 Å². The zero-order valence-corrected chi connectivity index (χ0v) is 18.9. The molecule has 2 N–H and O–H groups in total. The molecule has 0 radical (unpaired) electrons. The maximum Gasteiger partial charge on any atom is 0.0460 e. The van der Waals surface area contributed by atoms with Crippen LogP contribution in [-0.2, 0) is 0 Å². The van der Waals surface area contributed by atoms with E-state index in [9.17, 15) is 0 Å². The predicted octanol–water partition coefficient (Wildman–Crippen LogP) is 8.39. The van der Waals surface area contributed by atoms with Crippen molar-refractivity contribution in [3.63, 3.8) is 0 Å². The van der Waals surface area contributed by atoms with Crippen molar-refractivity contribution in [2.24, 2.45) is 0 Å². The molecule has 158 valence electrons. The summed E-state index contributed by atoms with van der Waals surface area (Å²) >= 11 is 12.0. The molecule has 32 heavy (non-hydrogen) atoms. The van der Waals surface area contributed by atoms with Crippen LogP contribution in [0.1, 0.15) is 17.0 Å². The van der Waals surface area contributed by atoms with Crippen LogP contribution < -0.4 is 5.32 Å². The van der Waals surface area contributed by atoms with Gasteiger partial charge in [0.2, 0.25) is 0 Å². The van der Waals surface area contributed by atoms with Gasteiger partial charge in [-0.3, -0.25) is 0 Å². The van der Waals surface area contributed by atoms with E-state index in [1.165, 1.54) is 27.8 Å². The highest BCUT2D eigenvalue weighted by molar-refractivity contribution is 6.31. The van der Waals surface area contributed by atoms with Gasteiger partial charge in [0.05, 0.1) is 0 Å². The third kappa shape index (κ3) is 4.25. The van der Waals surface area contributed by atoms with Crippen LogP contribution in [-0.4, -0.2) is 11.5 Å². The first-order chi connectivity index (χ1) is 15.7. The summed E-state index contributed by atoms with van der Waals surface area (Å²) in [6, 6.07) is 32.7. The van der Waals surface area contributed by atoms with Crippen molar-refractivity contribution >= 4 is 39.8 Å². The topological polar surface area (TPSA) is 27.8 Å². The van der Waals surface area contributed by atoms with Gasteiger partial charge in [-0.25, -0.2) is 0 Å². The number of nitrogens with one attached hydrogen (secondary N) is 2. The fraction of sp³-hybridized carbons (Fsp3) is 0.0714. The number of hydrogen-bond acceptors (Lipinski definition) is 1. The standard InChI is InChI=1S/C14H12ClN.C14H10ClN/c2*15-11-5-3-4-10(8-11)13-9-16-14-7-2-1-6-12(13)14/h1-8,13,16H,9H2;1-9,16H. The highest BCUT2D eigenvalue weighted by Crippen LogP contribution is 2.36. The Labute approximate surface area is 197 Å². The van der Waals surface area contributed by atoms with E-state index < -0.39 is 0 Å². The number of anilines is 1. The molecule has 1 aromatic heterocycles. The Morgan fingerprint density at radius 3 is 2.31 bits per heavy atom. The fourth-order valence-electron chi connectivity index (χ4n) is 4.27. The minimum atomic E-state index is 0.426. The number of fused-ring (bicyclic) bond motifs is 2. The van der Waals surface area contributed by atoms with Gasteiger partial charge in [-0.1, -0.05) is 83.9 Å². The predicted molar refractivity (Wildman–Crippen MR) is 137 cm³/mol. The van der Waals surface area contributed by atoms with Gasteiger partial charge in [-0.15, -0.1) is 0 Å². The van der Waals surface area contributed by atoms with Crippen LogP contribution in [0.2, 0.25) is 10.0 Å². The second-order valence-electron chi connectivity index (χ2n) is 7.83. The lowest BCUT2D eigenvalue weighted by Gasteiger charge is -2.10. The van der Waals surface area contributed by atoms with Crippen LogP contribution >= 0.6 is 23.2 Å². The Kier molecular flexibility index (Phi) is 5.89. The number of aromatic amines is 1. The molecule has 0 bridgehead atoms. The minimum Gasteiger partial charge on any atom is -0.384 e. The summed E-state index contributed by atoms with van der Waals surface area (Å²) in [6.45, 7) is 0.958. The van der Waals surface area contributed by atoms with Crippen molar-refractivity contribution in [1.82, 2.24) is 4.98 Å². The Hall–Kier alpha value is -3.20. The third-order valence-corrected chi connectivity index (χ3v) is 6.28. The zero-order valence-electron chi connectivity index (χ0n) is 17.4. The largest absolute Gasteiger partial charge is 0.384 e. The maximum atomic E-state index is 6.03. The van der Waals surface area contributed by atoms with Crippen molar-refractivity contribution in [3.8, 4) is 11.1 Å². The monoisotopic (exact) mass is 456 g/mol. The Bertz CT molecular complexity index is 1370. The van der Waals surface area contributed by atoms with Crippen molar-refractivity contribution in [2.75, 3.05) is 11.9 Å². The second-order valence-corrected chi connectivity index (χ2v) is 8.71. The molecule has 0 saturated heterocycles. The van der Waals surface area contributed by atoms with Crippen LogP contribution in [0, 0.1) is 0 Å². The van der Waals surface area contributed by atoms with Gasteiger partial charge >= 0.3 is 0 Å². The molecule has 0 fully saturated rings. The van der Waals surface area contributed by atoms with E-state index >= 15 is 0 Å². The van der Waals surface area contributed by atoms with Crippen LogP contribution in [0.3, 0.4) is 0 Å². The highest BCUT2D eigenvalue weighted by Gasteiger charge is 2.22. The zero-order chi connectivity index (χ0) is 21.9. The Balaban J connectivity index is 0.000000135. The van der Waals surface area contributed by atoms with Crippen molar-refractivity contribution in [3.05, 3.63) is 124 Å². The number of benzene rings is 4.